The summed E-state index contributed by atoms with van der Waals surface area (Å²) in [6.07, 6.45) is 3.37. The second kappa shape index (κ2) is 10.4. The molecule has 1 aromatic heterocycles. The van der Waals surface area contributed by atoms with Gasteiger partial charge >= 0.3 is 5.97 Å². The van der Waals surface area contributed by atoms with Gasteiger partial charge in [0.1, 0.15) is 5.60 Å². The average Bonchev–Trinajstić information content (AvgIpc) is 3.10. The Labute approximate surface area is 199 Å². The Kier molecular flexibility index (Phi) is 7.86. The van der Waals surface area contributed by atoms with E-state index in [2.05, 4.69) is 15.4 Å². The van der Waals surface area contributed by atoms with Crippen molar-refractivity contribution in [3.63, 3.8) is 0 Å². The van der Waals surface area contributed by atoms with Gasteiger partial charge in [-0.05, 0) is 69.2 Å². The first kappa shape index (κ1) is 24.9. The van der Waals surface area contributed by atoms with Crippen molar-refractivity contribution in [2.45, 2.75) is 52.8 Å². The second-order valence-corrected chi connectivity index (χ2v) is 9.68. The highest BCUT2D eigenvalue weighted by molar-refractivity contribution is 6.30. The molecule has 1 aliphatic heterocycles. The molecule has 1 aromatic carbocycles. The number of carbonyl (C=O) groups is 2. The summed E-state index contributed by atoms with van der Waals surface area (Å²) in [7, 11) is 0. The van der Waals surface area contributed by atoms with Crippen molar-refractivity contribution in [2.24, 2.45) is 0 Å². The number of esters is 1. The number of carbonyl (C=O) groups excluding carboxylic acids is 2. The van der Waals surface area contributed by atoms with E-state index in [9.17, 15) is 9.59 Å². The molecule has 0 aliphatic carbocycles. The quantitative estimate of drug-likeness (QED) is 0.469. The number of rotatable bonds is 6. The van der Waals surface area contributed by atoms with E-state index in [1.807, 2.05) is 49.6 Å². The van der Waals surface area contributed by atoms with E-state index >= 15 is 0 Å². The van der Waals surface area contributed by atoms with E-state index in [1.54, 1.807) is 25.1 Å². The van der Waals surface area contributed by atoms with Gasteiger partial charge in [-0.2, -0.15) is 4.80 Å². The van der Waals surface area contributed by atoms with Gasteiger partial charge in [-0.1, -0.05) is 17.7 Å². The molecule has 10 heteroatoms. The van der Waals surface area contributed by atoms with E-state index in [0.29, 0.717) is 37.0 Å². The number of hydrogen-bond acceptors (Lipinski definition) is 7. The first-order chi connectivity index (χ1) is 15.5. The minimum absolute atomic E-state index is 0.0228. The van der Waals surface area contributed by atoms with Crippen molar-refractivity contribution < 1.29 is 14.3 Å². The fourth-order valence-electron chi connectivity index (χ4n) is 3.73. The van der Waals surface area contributed by atoms with E-state index in [-0.39, 0.29) is 24.5 Å². The van der Waals surface area contributed by atoms with Gasteiger partial charge in [-0.25, -0.2) is 0 Å². The maximum absolute atomic E-state index is 12.9. The molecule has 2 heterocycles. The number of benzene rings is 1. The molecule has 0 N–H and O–H groups in total. The van der Waals surface area contributed by atoms with Gasteiger partial charge in [0.25, 0.3) is 0 Å². The van der Waals surface area contributed by atoms with Crippen LogP contribution in [0.3, 0.4) is 0 Å². The Morgan fingerprint density at radius 1 is 1.27 bits per heavy atom. The minimum Gasteiger partial charge on any atom is -0.459 e. The predicted octanol–water partition coefficient (Wildman–Crippen LogP) is 2.57. The first-order valence-electron chi connectivity index (χ1n) is 11.0. The molecule has 0 spiro atoms. The number of piperazine rings is 1. The third-order valence-corrected chi connectivity index (χ3v) is 5.38. The fraction of sp³-hybridized carbons (Fsp3) is 0.522. The molecule has 33 heavy (non-hydrogen) atoms. The summed E-state index contributed by atoms with van der Waals surface area (Å²) in [5.41, 5.74) is 1.24. The topological polar surface area (TPSA) is 93.5 Å². The number of aromatic nitrogens is 4. The smallest absolute Gasteiger partial charge is 0.320 e. The van der Waals surface area contributed by atoms with Crippen molar-refractivity contribution in [3.8, 4) is 0 Å². The number of nitrogens with zero attached hydrogens (tertiary/aromatic N) is 6. The van der Waals surface area contributed by atoms with Gasteiger partial charge < -0.3 is 9.64 Å². The Balaban J connectivity index is 1.61. The number of amides is 1. The van der Waals surface area contributed by atoms with E-state index in [4.69, 9.17) is 16.3 Å². The Bertz CT molecular complexity index is 1030. The van der Waals surface area contributed by atoms with Crippen LogP contribution in [-0.2, 0) is 20.9 Å². The molecular formula is C23H31ClN6O3. The molecule has 3 rings (SSSR count). The van der Waals surface area contributed by atoms with Crippen LogP contribution < -0.4 is 0 Å². The van der Waals surface area contributed by atoms with E-state index in [1.165, 1.54) is 4.80 Å². The number of ether oxygens (including phenoxy) is 1. The van der Waals surface area contributed by atoms with Crippen LogP contribution in [-0.4, -0.2) is 79.7 Å². The van der Waals surface area contributed by atoms with Crippen LogP contribution in [0.4, 0.5) is 0 Å². The van der Waals surface area contributed by atoms with Crippen LogP contribution in [0, 0.1) is 6.92 Å². The van der Waals surface area contributed by atoms with Crippen LogP contribution in [0.1, 0.15) is 44.6 Å². The zero-order valence-corrected chi connectivity index (χ0v) is 20.5. The van der Waals surface area contributed by atoms with Crippen molar-refractivity contribution in [1.29, 1.82) is 0 Å². The molecule has 178 valence electrons. The molecule has 9 nitrogen and oxygen atoms in total. The summed E-state index contributed by atoms with van der Waals surface area (Å²) < 4.78 is 5.40. The van der Waals surface area contributed by atoms with Gasteiger partial charge in [0.05, 0.1) is 13.1 Å². The van der Waals surface area contributed by atoms with Crippen LogP contribution in [0.15, 0.2) is 24.3 Å². The highest BCUT2D eigenvalue weighted by Crippen LogP contribution is 2.19. The van der Waals surface area contributed by atoms with Gasteiger partial charge in [0.2, 0.25) is 5.91 Å². The summed E-state index contributed by atoms with van der Waals surface area (Å²) in [5.74, 6) is 0.265. The summed E-state index contributed by atoms with van der Waals surface area (Å²) in [4.78, 5) is 30.4. The van der Waals surface area contributed by atoms with Crippen molar-refractivity contribution in [2.75, 3.05) is 26.2 Å². The average molecular weight is 475 g/mol. The summed E-state index contributed by atoms with van der Waals surface area (Å²) >= 11 is 6.17. The molecule has 1 amide bonds. The number of tetrazole rings is 1. The van der Waals surface area contributed by atoms with Gasteiger partial charge in [0, 0.05) is 36.8 Å². The number of aryl methyl sites for hydroxylation is 1. The molecular weight excluding hydrogens is 444 g/mol. The predicted molar refractivity (Wildman–Crippen MR) is 126 cm³/mol. The second-order valence-electron chi connectivity index (χ2n) is 9.25. The van der Waals surface area contributed by atoms with E-state index in [0.717, 1.165) is 11.1 Å². The van der Waals surface area contributed by atoms with Crippen LogP contribution in [0.5, 0.6) is 0 Å². The fourth-order valence-corrected chi connectivity index (χ4v) is 3.93. The van der Waals surface area contributed by atoms with Crippen molar-refractivity contribution >= 4 is 29.6 Å². The van der Waals surface area contributed by atoms with Crippen molar-refractivity contribution in [3.05, 3.63) is 46.2 Å². The molecule has 0 bridgehead atoms. The summed E-state index contributed by atoms with van der Waals surface area (Å²) in [6, 6.07) is 5.47. The Morgan fingerprint density at radius 2 is 2.03 bits per heavy atom. The molecule has 1 fully saturated rings. The first-order valence-corrected chi connectivity index (χ1v) is 11.3. The normalized spacial score (nSPS) is 17.5. The summed E-state index contributed by atoms with van der Waals surface area (Å²) in [6.45, 7) is 11.7. The van der Waals surface area contributed by atoms with Gasteiger partial charge in [0.15, 0.2) is 5.82 Å². The Hall–Kier alpha value is -2.78. The third kappa shape index (κ3) is 7.36. The van der Waals surface area contributed by atoms with E-state index < -0.39 is 5.60 Å². The van der Waals surface area contributed by atoms with Crippen LogP contribution in [0.25, 0.3) is 6.08 Å². The zero-order chi connectivity index (χ0) is 24.2. The molecule has 2 aromatic rings. The zero-order valence-electron chi connectivity index (χ0n) is 19.8. The highest BCUT2D eigenvalue weighted by atomic mass is 35.5. The lowest BCUT2D eigenvalue weighted by Crippen LogP contribution is -2.54. The molecule has 0 radical (unpaired) electrons. The standard InChI is InChI=1S/C23H31ClN6O3/c1-16-13-28(15-22(32)33-23(3,4)5)10-11-29(16)21(31)9-7-18-6-8-20(24)12-19(18)14-30-26-17(2)25-27-30/h6-9,12,16H,10-11,13-15H2,1-5H3/b9-7+/t16-/m1/s1. The lowest BCUT2D eigenvalue weighted by molar-refractivity contribution is -0.156. The largest absolute Gasteiger partial charge is 0.459 e. The molecule has 0 saturated carbocycles. The SMILES string of the molecule is Cc1nnn(Cc2cc(Cl)ccc2/C=C/C(=O)N2CCN(CC(=O)OC(C)(C)C)C[C@H]2C)n1. The summed E-state index contributed by atoms with van der Waals surface area (Å²) in [5, 5.41) is 12.7. The van der Waals surface area contributed by atoms with Gasteiger partial charge in [-0.15, -0.1) is 10.2 Å². The Morgan fingerprint density at radius 3 is 2.67 bits per heavy atom. The number of hydrogen-bond donors (Lipinski definition) is 0. The molecule has 1 aliphatic rings. The lowest BCUT2D eigenvalue weighted by Gasteiger charge is -2.39. The number of halogens is 1. The van der Waals surface area contributed by atoms with Crippen LogP contribution >= 0.6 is 11.6 Å². The minimum atomic E-state index is -0.505. The maximum Gasteiger partial charge on any atom is 0.320 e. The lowest BCUT2D eigenvalue weighted by atomic mass is 10.1. The van der Waals surface area contributed by atoms with Crippen molar-refractivity contribution in [1.82, 2.24) is 30.0 Å². The molecule has 1 saturated heterocycles. The molecule has 1 atom stereocenters. The third-order valence-electron chi connectivity index (χ3n) is 5.14. The highest BCUT2D eigenvalue weighted by Gasteiger charge is 2.28. The maximum atomic E-state index is 12.9. The van der Waals surface area contributed by atoms with Crippen LogP contribution in [0.2, 0.25) is 5.02 Å². The monoisotopic (exact) mass is 474 g/mol. The molecule has 0 unspecified atom stereocenters. The van der Waals surface area contributed by atoms with Gasteiger partial charge in [-0.3, -0.25) is 14.5 Å².